The Kier molecular flexibility index (Phi) is 9.65. The predicted octanol–water partition coefficient (Wildman–Crippen LogP) is 3.21. The van der Waals surface area contributed by atoms with Crippen molar-refractivity contribution in [2.24, 2.45) is 5.73 Å². The molecule has 0 aliphatic carbocycles. The number of rotatable bonds is 5. The Bertz CT molecular complexity index is 468. The van der Waals surface area contributed by atoms with E-state index in [2.05, 4.69) is 9.47 Å². The molecule has 23 heavy (non-hydrogen) atoms. The fourth-order valence-electron chi connectivity index (χ4n) is 1.54. The maximum atomic E-state index is 10.8. The van der Waals surface area contributed by atoms with Crippen molar-refractivity contribution in [3.05, 3.63) is 35.9 Å². The summed E-state index contributed by atoms with van der Waals surface area (Å²) in [5.74, 6) is -0.240. The van der Waals surface area contributed by atoms with Gasteiger partial charge in [-0.3, -0.25) is 4.79 Å². The summed E-state index contributed by atoms with van der Waals surface area (Å²) in [7, 11) is 1.38. The van der Waals surface area contributed by atoms with Gasteiger partial charge >= 0.3 is 12.1 Å². The van der Waals surface area contributed by atoms with Crippen LogP contribution >= 0.6 is 0 Å². The fourth-order valence-corrected chi connectivity index (χ4v) is 1.54. The van der Waals surface area contributed by atoms with Crippen molar-refractivity contribution in [1.29, 1.82) is 0 Å². The number of amides is 1. The third-order valence-corrected chi connectivity index (χ3v) is 2.58. The number of carbonyl (C=O) groups excluding carboxylic acids is 2. The van der Waals surface area contributed by atoms with Crippen LogP contribution in [0.2, 0.25) is 0 Å². The second kappa shape index (κ2) is 10.6. The van der Waals surface area contributed by atoms with Crippen molar-refractivity contribution in [2.75, 3.05) is 13.7 Å². The van der Waals surface area contributed by atoms with Crippen LogP contribution < -0.4 is 5.73 Å². The molecular formula is C17H27NO5. The SMILES string of the molecule is CC(C)(C)OC(N)=O.COC(=O)CCOC(C)c1ccccc1. The third-order valence-electron chi connectivity index (χ3n) is 2.58. The van der Waals surface area contributed by atoms with E-state index in [1.165, 1.54) is 7.11 Å². The average molecular weight is 325 g/mol. The maximum absolute atomic E-state index is 10.8. The molecule has 0 spiro atoms. The second-order valence-corrected chi connectivity index (χ2v) is 5.78. The molecule has 0 heterocycles. The summed E-state index contributed by atoms with van der Waals surface area (Å²) in [6.45, 7) is 7.64. The van der Waals surface area contributed by atoms with Gasteiger partial charge in [0.2, 0.25) is 0 Å². The highest BCUT2D eigenvalue weighted by atomic mass is 16.6. The number of carbonyl (C=O) groups is 2. The van der Waals surface area contributed by atoms with Crippen LogP contribution in [0.5, 0.6) is 0 Å². The molecule has 1 aromatic carbocycles. The van der Waals surface area contributed by atoms with Crippen LogP contribution in [0.1, 0.15) is 45.8 Å². The van der Waals surface area contributed by atoms with E-state index in [0.29, 0.717) is 13.0 Å². The monoisotopic (exact) mass is 325 g/mol. The highest BCUT2D eigenvalue weighted by Gasteiger charge is 2.12. The molecule has 0 fully saturated rings. The minimum Gasteiger partial charge on any atom is -0.469 e. The molecule has 2 N–H and O–H groups in total. The predicted molar refractivity (Wildman–Crippen MR) is 87.9 cm³/mol. The fraction of sp³-hybridized carbons (Fsp3) is 0.529. The minimum absolute atomic E-state index is 0.0101. The van der Waals surface area contributed by atoms with Crippen molar-refractivity contribution in [3.8, 4) is 0 Å². The molecule has 1 aromatic rings. The summed E-state index contributed by atoms with van der Waals surface area (Å²) in [4.78, 5) is 20.8. The lowest BCUT2D eigenvalue weighted by molar-refractivity contribution is -0.142. The third kappa shape index (κ3) is 12.2. The molecule has 0 radical (unpaired) electrons. The standard InChI is InChI=1S/C12H16O3.C5H11NO2/c1-10(11-6-4-3-5-7-11)15-9-8-12(13)14-2;1-5(2,3)8-4(6)7/h3-7,10H,8-9H2,1-2H3;1-3H3,(H2,6,7). The van der Waals surface area contributed by atoms with E-state index in [0.717, 1.165) is 5.56 Å². The first-order valence-corrected chi connectivity index (χ1v) is 7.37. The van der Waals surface area contributed by atoms with E-state index in [9.17, 15) is 9.59 Å². The van der Waals surface area contributed by atoms with Crippen molar-refractivity contribution in [3.63, 3.8) is 0 Å². The van der Waals surface area contributed by atoms with Gasteiger partial charge in [-0.05, 0) is 33.3 Å². The molecule has 0 aliphatic rings. The van der Waals surface area contributed by atoms with E-state index in [-0.39, 0.29) is 12.1 Å². The average Bonchev–Trinajstić information content (AvgIpc) is 2.45. The number of methoxy groups -OCH3 is 1. The van der Waals surface area contributed by atoms with Crippen LogP contribution in [0.4, 0.5) is 4.79 Å². The zero-order valence-electron chi connectivity index (χ0n) is 14.5. The van der Waals surface area contributed by atoms with Gasteiger partial charge in [0.15, 0.2) is 0 Å². The Hall–Kier alpha value is -2.08. The van der Waals surface area contributed by atoms with Crippen LogP contribution in [0, 0.1) is 0 Å². The molecule has 0 aromatic heterocycles. The quantitative estimate of drug-likeness (QED) is 0.840. The molecule has 0 saturated carbocycles. The first-order chi connectivity index (χ1) is 10.7. The van der Waals surface area contributed by atoms with Gasteiger partial charge in [0.1, 0.15) is 5.60 Å². The molecule has 130 valence electrons. The van der Waals surface area contributed by atoms with Crippen LogP contribution in [0.3, 0.4) is 0 Å². The van der Waals surface area contributed by atoms with E-state index in [1.54, 1.807) is 20.8 Å². The van der Waals surface area contributed by atoms with Crippen molar-refractivity contribution < 1.29 is 23.8 Å². The number of ether oxygens (including phenoxy) is 3. The van der Waals surface area contributed by atoms with Gasteiger partial charge in [0, 0.05) is 0 Å². The minimum atomic E-state index is -0.725. The molecule has 6 nitrogen and oxygen atoms in total. The van der Waals surface area contributed by atoms with Gasteiger partial charge in [-0.1, -0.05) is 30.3 Å². The number of esters is 1. The number of benzene rings is 1. The molecule has 1 atom stereocenters. The highest BCUT2D eigenvalue weighted by molar-refractivity contribution is 5.69. The summed E-state index contributed by atoms with van der Waals surface area (Å²) in [5.41, 5.74) is 5.38. The van der Waals surface area contributed by atoms with Gasteiger partial charge in [0.25, 0.3) is 0 Å². The Morgan fingerprint density at radius 1 is 1.17 bits per heavy atom. The lowest BCUT2D eigenvalue weighted by Gasteiger charge is -2.16. The molecule has 0 aliphatic heterocycles. The summed E-state index contributed by atoms with van der Waals surface area (Å²) in [5, 5.41) is 0. The number of primary amides is 1. The summed E-state index contributed by atoms with van der Waals surface area (Å²) in [6.07, 6.45) is -0.415. The van der Waals surface area contributed by atoms with Crippen molar-refractivity contribution in [1.82, 2.24) is 0 Å². The summed E-state index contributed by atoms with van der Waals surface area (Å²) in [6, 6.07) is 9.90. The van der Waals surface area contributed by atoms with Gasteiger partial charge in [-0.25, -0.2) is 4.79 Å². The van der Waals surface area contributed by atoms with Gasteiger partial charge in [-0.15, -0.1) is 0 Å². The first kappa shape index (κ1) is 20.9. The lowest BCUT2D eigenvalue weighted by atomic mass is 10.1. The first-order valence-electron chi connectivity index (χ1n) is 7.37. The zero-order valence-corrected chi connectivity index (χ0v) is 14.5. The topological polar surface area (TPSA) is 87.9 Å². The Labute approximate surface area is 137 Å². The van der Waals surface area contributed by atoms with E-state index in [4.69, 9.17) is 10.5 Å². The van der Waals surface area contributed by atoms with Crippen molar-refractivity contribution in [2.45, 2.75) is 45.8 Å². The lowest BCUT2D eigenvalue weighted by Crippen LogP contribution is -2.27. The highest BCUT2D eigenvalue weighted by Crippen LogP contribution is 2.15. The number of hydrogen-bond acceptors (Lipinski definition) is 5. The second-order valence-electron chi connectivity index (χ2n) is 5.78. The molecule has 6 heteroatoms. The van der Waals surface area contributed by atoms with E-state index < -0.39 is 11.7 Å². The number of nitrogens with two attached hydrogens (primary N) is 1. The number of hydrogen-bond donors (Lipinski definition) is 1. The zero-order chi connectivity index (χ0) is 17.9. The summed E-state index contributed by atoms with van der Waals surface area (Å²) >= 11 is 0. The Morgan fingerprint density at radius 3 is 2.13 bits per heavy atom. The van der Waals surface area contributed by atoms with Gasteiger partial charge < -0.3 is 19.9 Å². The maximum Gasteiger partial charge on any atom is 0.405 e. The van der Waals surface area contributed by atoms with Gasteiger partial charge in [-0.2, -0.15) is 0 Å². The van der Waals surface area contributed by atoms with Crippen LogP contribution in [0.15, 0.2) is 30.3 Å². The van der Waals surface area contributed by atoms with Crippen LogP contribution in [0.25, 0.3) is 0 Å². The molecular weight excluding hydrogens is 298 g/mol. The summed E-state index contributed by atoms with van der Waals surface area (Å²) < 4.78 is 14.6. The largest absolute Gasteiger partial charge is 0.469 e. The van der Waals surface area contributed by atoms with Crippen molar-refractivity contribution >= 4 is 12.1 Å². The molecule has 1 rings (SSSR count). The van der Waals surface area contributed by atoms with Crippen LogP contribution in [-0.4, -0.2) is 31.4 Å². The smallest absolute Gasteiger partial charge is 0.405 e. The molecule has 0 bridgehead atoms. The molecule has 1 unspecified atom stereocenters. The van der Waals surface area contributed by atoms with Gasteiger partial charge in [0.05, 0.1) is 26.2 Å². The van der Waals surface area contributed by atoms with E-state index >= 15 is 0 Å². The van der Waals surface area contributed by atoms with E-state index in [1.807, 2.05) is 37.3 Å². The Morgan fingerprint density at radius 2 is 1.74 bits per heavy atom. The normalized spacial score (nSPS) is 11.7. The Balaban J connectivity index is 0.000000515. The molecule has 1 amide bonds. The van der Waals surface area contributed by atoms with Crippen LogP contribution in [-0.2, 0) is 19.0 Å². The molecule has 0 saturated heterocycles.